The van der Waals surface area contributed by atoms with Gasteiger partial charge in [0.05, 0.1) is 31.3 Å². The van der Waals surface area contributed by atoms with Gasteiger partial charge in [-0.2, -0.15) is 4.31 Å². The highest BCUT2D eigenvalue weighted by Crippen LogP contribution is 2.30. The van der Waals surface area contributed by atoms with Crippen molar-refractivity contribution in [1.82, 2.24) is 14.1 Å². The molecule has 40 heavy (non-hydrogen) atoms. The molecule has 0 atom stereocenters. The number of piperazine rings is 1. The minimum Gasteiger partial charge on any atom is -0.496 e. The largest absolute Gasteiger partial charge is 0.496 e. The van der Waals surface area contributed by atoms with Gasteiger partial charge >= 0.3 is 0 Å². The average Bonchev–Trinajstić information content (AvgIpc) is 3.01. The third kappa shape index (κ3) is 6.39. The number of aryl methyl sites for hydroxylation is 1. The van der Waals surface area contributed by atoms with Gasteiger partial charge in [0.2, 0.25) is 15.9 Å². The van der Waals surface area contributed by atoms with Crippen LogP contribution in [-0.2, 0) is 26.0 Å². The second-order valence-electron chi connectivity index (χ2n) is 10.1. The lowest BCUT2D eigenvalue weighted by Crippen LogP contribution is -2.49. The molecule has 0 aliphatic carbocycles. The molecule has 2 aliphatic rings. The second kappa shape index (κ2) is 13.0. The molecule has 0 bridgehead atoms. The summed E-state index contributed by atoms with van der Waals surface area (Å²) in [5.74, 6) is 0.659. The Bertz CT molecular complexity index is 1330. The molecule has 2 saturated heterocycles. The van der Waals surface area contributed by atoms with Gasteiger partial charge in [-0.25, -0.2) is 8.42 Å². The van der Waals surface area contributed by atoms with Crippen molar-refractivity contribution in [3.8, 4) is 5.75 Å². The Morgan fingerprint density at radius 2 is 1.45 bits per heavy atom. The van der Waals surface area contributed by atoms with Crippen LogP contribution in [0.25, 0.3) is 0 Å². The zero-order chi connectivity index (χ0) is 28.0. The van der Waals surface area contributed by atoms with Crippen LogP contribution in [0.5, 0.6) is 5.75 Å². The molecule has 0 spiro atoms. The van der Waals surface area contributed by atoms with Crippen LogP contribution in [0.15, 0.2) is 83.8 Å². The number of benzene rings is 3. The summed E-state index contributed by atoms with van der Waals surface area (Å²) in [6, 6.07) is 26.0. The van der Waals surface area contributed by atoms with Crippen LogP contribution in [0.4, 0.5) is 0 Å². The third-order valence-corrected chi connectivity index (χ3v) is 9.63. The van der Waals surface area contributed by atoms with Crippen molar-refractivity contribution >= 4 is 15.9 Å². The van der Waals surface area contributed by atoms with Crippen molar-refractivity contribution in [2.45, 2.75) is 23.8 Å². The molecule has 1 amide bonds. The van der Waals surface area contributed by atoms with Crippen LogP contribution >= 0.6 is 0 Å². The van der Waals surface area contributed by atoms with Gasteiger partial charge in [0, 0.05) is 45.7 Å². The lowest BCUT2D eigenvalue weighted by molar-refractivity contribution is -0.133. The van der Waals surface area contributed by atoms with Crippen LogP contribution in [-0.4, -0.2) is 88.0 Å². The van der Waals surface area contributed by atoms with Crippen LogP contribution in [0.2, 0.25) is 0 Å². The van der Waals surface area contributed by atoms with E-state index in [1.54, 1.807) is 25.3 Å². The number of sulfonamides is 1. The van der Waals surface area contributed by atoms with E-state index in [1.165, 1.54) is 15.4 Å². The lowest BCUT2D eigenvalue weighted by Gasteiger charge is -2.40. The summed E-state index contributed by atoms with van der Waals surface area (Å²) in [5.41, 5.74) is 3.21. The molecule has 0 radical (unpaired) electrons. The first kappa shape index (κ1) is 28.3. The van der Waals surface area contributed by atoms with Crippen LogP contribution in [0.1, 0.15) is 29.2 Å². The number of amides is 1. The topological polar surface area (TPSA) is 79.4 Å². The molecule has 2 fully saturated rings. The van der Waals surface area contributed by atoms with E-state index in [0.717, 1.165) is 18.7 Å². The van der Waals surface area contributed by atoms with E-state index in [-0.39, 0.29) is 23.3 Å². The van der Waals surface area contributed by atoms with Gasteiger partial charge in [-0.15, -0.1) is 0 Å². The number of carbonyl (C=O) groups excluding carboxylic acids is 1. The van der Waals surface area contributed by atoms with E-state index in [9.17, 15) is 13.2 Å². The summed E-state index contributed by atoms with van der Waals surface area (Å²) in [7, 11) is -2.07. The molecular formula is C31H37N3O5S. The monoisotopic (exact) mass is 563 g/mol. The number of hydrogen-bond acceptors (Lipinski definition) is 6. The molecule has 0 unspecified atom stereocenters. The first-order valence-corrected chi connectivity index (χ1v) is 15.3. The molecule has 0 N–H and O–H groups in total. The van der Waals surface area contributed by atoms with E-state index in [4.69, 9.17) is 9.47 Å². The molecule has 5 rings (SSSR count). The number of carbonyl (C=O) groups is 1. The Balaban J connectivity index is 1.23. The van der Waals surface area contributed by atoms with E-state index in [1.807, 2.05) is 17.0 Å². The normalized spacial score (nSPS) is 17.2. The van der Waals surface area contributed by atoms with Gasteiger partial charge in [0.25, 0.3) is 0 Å². The van der Waals surface area contributed by atoms with Crippen LogP contribution in [0, 0.1) is 0 Å². The number of rotatable bonds is 9. The second-order valence-corrected chi connectivity index (χ2v) is 12.1. The molecule has 8 nitrogen and oxygen atoms in total. The Labute approximate surface area is 237 Å². The fourth-order valence-corrected chi connectivity index (χ4v) is 7.02. The number of methoxy groups -OCH3 is 1. The van der Waals surface area contributed by atoms with Crippen molar-refractivity contribution in [2.24, 2.45) is 0 Å². The number of nitrogens with zero attached hydrogens (tertiary/aromatic N) is 3. The van der Waals surface area contributed by atoms with Crippen LogP contribution < -0.4 is 4.74 Å². The quantitative estimate of drug-likeness (QED) is 0.396. The Kier molecular flexibility index (Phi) is 9.16. The van der Waals surface area contributed by atoms with Gasteiger partial charge in [-0.05, 0) is 41.3 Å². The van der Waals surface area contributed by atoms with Crippen LogP contribution in [0.3, 0.4) is 0 Å². The summed E-state index contributed by atoms with van der Waals surface area (Å²) >= 11 is 0. The van der Waals surface area contributed by atoms with Crippen molar-refractivity contribution < 1.29 is 22.7 Å². The fourth-order valence-electron chi connectivity index (χ4n) is 5.56. The first-order chi connectivity index (χ1) is 19.5. The highest BCUT2D eigenvalue weighted by Gasteiger charge is 2.29. The summed E-state index contributed by atoms with van der Waals surface area (Å²) in [5, 5.41) is 0. The molecule has 0 saturated carbocycles. The van der Waals surface area contributed by atoms with Gasteiger partial charge in [0.15, 0.2) is 0 Å². The maximum absolute atomic E-state index is 13.2. The Morgan fingerprint density at radius 1 is 0.850 bits per heavy atom. The number of morpholine rings is 1. The lowest BCUT2D eigenvalue weighted by atomic mass is 9.96. The fraction of sp³-hybridized carbons (Fsp3) is 0.387. The number of ether oxygens (including phenoxy) is 2. The maximum Gasteiger partial charge on any atom is 0.243 e. The molecule has 2 heterocycles. The average molecular weight is 564 g/mol. The summed E-state index contributed by atoms with van der Waals surface area (Å²) in [6.45, 7) is 4.30. The zero-order valence-electron chi connectivity index (χ0n) is 22.9. The minimum absolute atomic E-state index is 0.0686. The predicted molar refractivity (Wildman–Crippen MR) is 154 cm³/mol. The molecular weight excluding hydrogens is 526 g/mol. The van der Waals surface area contributed by atoms with Crippen molar-refractivity contribution in [2.75, 3.05) is 59.6 Å². The van der Waals surface area contributed by atoms with Gasteiger partial charge < -0.3 is 14.4 Å². The van der Waals surface area contributed by atoms with E-state index >= 15 is 0 Å². The first-order valence-electron chi connectivity index (χ1n) is 13.8. The standard InChI is InChI=1S/C31H37N3O5S/c1-38-29-14-13-28(40(36,37)34-20-22-39-23-21-34)24-27(29)12-15-30(35)32-16-18-33(19-17-32)31(25-8-4-2-5-9-25)26-10-6-3-7-11-26/h2-11,13-14,24,31H,12,15-23H2,1H3. The van der Waals surface area contributed by atoms with Gasteiger partial charge in [0.1, 0.15) is 5.75 Å². The van der Waals surface area contributed by atoms with E-state index < -0.39 is 10.0 Å². The summed E-state index contributed by atoms with van der Waals surface area (Å²) < 4.78 is 38.6. The van der Waals surface area contributed by atoms with Crippen molar-refractivity contribution in [3.63, 3.8) is 0 Å². The SMILES string of the molecule is COc1ccc(S(=O)(=O)N2CCOCC2)cc1CCC(=O)N1CCN(C(c2ccccc2)c2ccccc2)CC1. The smallest absolute Gasteiger partial charge is 0.243 e. The Hall–Kier alpha value is -3.24. The molecule has 0 aromatic heterocycles. The molecule has 9 heteroatoms. The van der Waals surface area contributed by atoms with E-state index in [2.05, 4.69) is 53.4 Å². The van der Waals surface area contributed by atoms with Crippen molar-refractivity contribution in [1.29, 1.82) is 0 Å². The highest BCUT2D eigenvalue weighted by molar-refractivity contribution is 7.89. The maximum atomic E-state index is 13.2. The Morgan fingerprint density at radius 3 is 2.02 bits per heavy atom. The third-order valence-electron chi connectivity index (χ3n) is 7.73. The van der Waals surface area contributed by atoms with Gasteiger partial charge in [-0.1, -0.05) is 60.7 Å². The highest BCUT2D eigenvalue weighted by atomic mass is 32.2. The molecule has 2 aliphatic heterocycles. The number of hydrogen-bond donors (Lipinski definition) is 0. The minimum atomic E-state index is -3.63. The molecule has 212 valence electrons. The van der Waals surface area contributed by atoms with Gasteiger partial charge in [-0.3, -0.25) is 9.69 Å². The predicted octanol–water partition coefficient (Wildman–Crippen LogP) is 3.58. The summed E-state index contributed by atoms with van der Waals surface area (Å²) in [6.07, 6.45) is 0.698. The zero-order valence-corrected chi connectivity index (χ0v) is 23.8. The summed E-state index contributed by atoms with van der Waals surface area (Å²) in [4.78, 5) is 17.8. The van der Waals surface area contributed by atoms with E-state index in [0.29, 0.717) is 51.6 Å². The molecule has 3 aromatic carbocycles. The molecule has 3 aromatic rings. The van der Waals surface area contributed by atoms with Crippen molar-refractivity contribution in [3.05, 3.63) is 95.6 Å².